The lowest BCUT2D eigenvalue weighted by molar-refractivity contribution is -0.152. The number of sulfonamides is 1. The third-order valence-electron chi connectivity index (χ3n) is 2.98. The number of hydrogen-bond donors (Lipinski definition) is 2. The summed E-state index contributed by atoms with van der Waals surface area (Å²) in [5.41, 5.74) is 5.77. The molecule has 24 heavy (non-hydrogen) atoms. The van der Waals surface area contributed by atoms with Crippen molar-refractivity contribution in [3.63, 3.8) is 0 Å². The average Bonchev–Trinajstić information content (AvgIpc) is 2.43. The molecule has 0 heterocycles. The predicted molar refractivity (Wildman–Crippen MR) is 86.6 cm³/mol. The second-order valence-electron chi connectivity index (χ2n) is 5.04. The summed E-state index contributed by atoms with van der Waals surface area (Å²) in [4.78, 5) is 34.0. The van der Waals surface area contributed by atoms with Crippen LogP contribution in [-0.2, 0) is 24.3 Å². The number of ether oxygens (including phenoxy) is 1. The minimum atomic E-state index is -3.75. The number of nitrogens with one attached hydrogen (secondary N) is 1. The number of nitrogens with two attached hydrogens (primary N) is 1. The normalized spacial score (nSPS) is 12.1. The number of aryl methyl sites for hydroxylation is 1. The van der Waals surface area contributed by atoms with Crippen LogP contribution in [0.4, 0.5) is 10.5 Å². The number of amides is 3. The highest BCUT2D eigenvalue weighted by Gasteiger charge is 2.25. The minimum Gasteiger partial charge on any atom is -0.451 e. The first-order chi connectivity index (χ1) is 11.0. The lowest BCUT2D eigenvalue weighted by Crippen LogP contribution is -2.44. The smallest absolute Gasteiger partial charge is 0.327 e. The van der Waals surface area contributed by atoms with E-state index in [0.717, 1.165) is 10.6 Å². The lowest BCUT2D eigenvalue weighted by Gasteiger charge is -2.23. The molecule has 9 nitrogen and oxygen atoms in total. The van der Waals surface area contributed by atoms with Crippen molar-refractivity contribution in [3.8, 4) is 0 Å². The SMILES string of the molecule is Cc1ccccc1N(CC(=O)O[C@H](C)C(=O)NC(N)=O)S(C)(=O)=O. The number of benzene rings is 1. The molecule has 0 fully saturated rings. The van der Waals surface area contributed by atoms with Gasteiger partial charge >= 0.3 is 12.0 Å². The monoisotopic (exact) mass is 357 g/mol. The van der Waals surface area contributed by atoms with Gasteiger partial charge in [0, 0.05) is 0 Å². The highest BCUT2D eigenvalue weighted by Crippen LogP contribution is 2.21. The third kappa shape index (κ3) is 5.54. The Kier molecular flexibility index (Phi) is 6.29. The first-order valence-electron chi connectivity index (χ1n) is 6.85. The molecule has 1 aromatic rings. The number of imide groups is 1. The second kappa shape index (κ2) is 7.77. The molecule has 1 aromatic carbocycles. The molecule has 0 saturated carbocycles. The lowest BCUT2D eigenvalue weighted by atomic mass is 10.2. The molecule has 132 valence electrons. The van der Waals surface area contributed by atoms with Gasteiger partial charge in [-0.05, 0) is 25.5 Å². The molecule has 0 spiro atoms. The van der Waals surface area contributed by atoms with Crippen molar-refractivity contribution < 1.29 is 27.5 Å². The second-order valence-corrected chi connectivity index (χ2v) is 6.95. The Balaban J connectivity index is 2.89. The highest BCUT2D eigenvalue weighted by molar-refractivity contribution is 7.92. The molecule has 0 radical (unpaired) electrons. The summed E-state index contributed by atoms with van der Waals surface area (Å²) in [6.07, 6.45) is -0.348. The van der Waals surface area contributed by atoms with Crippen molar-refractivity contribution in [2.45, 2.75) is 20.0 Å². The summed E-state index contributed by atoms with van der Waals surface area (Å²) < 4.78 is 29.6. The van der Waals surface area contributed by atoms with Crippen molar-refractivity contribution in [2.24, 2.45) is 5.73 Å². The van der Waals surface area contributed by atoms with E-state index in [2.05, 4.69) is 0 Å². The largest absolute Gasteiger partial charge is 0.451 e. The van der Waals surface area contributed by atoms with Crippen LogP contribution in [0.25, 0.3) is 0 Å². The van der Waals surface area contributed by atoms with E-state index in [1.165, 1.54) is 6.92 Å². The number of para-hydroxylation sites is 1. The van der Waals surface area contributed by atoms with Crippen molar-refractivity contribution >= 4 is 33.6 Å². The van der Waals surface area contributed by atoms with Gasteiger partial charge in [0.2, 0.25) is 10.0 Å². The predicted octanol–water partition coefficient (Wildman–Crippen LogP) is -0.112. The van der Waals surface area contributed by atoms with Crippen molar-refractivity contribution in [3.05, 3.63) is 29.8 Å². The molecule has 1 rings (SSSR count). The number of primary amides is 1. The summed E-state index contributed by atoms with van der Waals surface area (Å²) >= 11 is 0. The van der Waals surface area contributed by atoms with E-state index in [0.29, 0.717) is 11.3 Å². The number of urea groups is 1. The summed E-state index contributed by atoms with van der Waals surface area (Å²) in [6.45, 7) is 2.31. The zero-order valence-corrected chi connectivity index (χ0v) is 14.3. The highest BCUT2D eigenvalue weighted by atomic mass is 32.2. The Morgan fingerprint density at radius 1 is 1.29 bits per heavy atom. The summed E-state index contributed by atoms with van der Waals surface area (Å²) in [6, 6.07) is 5.53. The van der Waals surface area contributed by atoms with Crippen LogP contribution < -0.4 is 15.4 Å². The Morgan fingerprint density at radius 3 is 2.38 bits per heavy atom. The van der Waals surface area contributed by atoms with Gasteiger partial charge in [-0.1, -0.05) is 18.2 Å². The van der Waals surface area contributed by atoms with Crippen LogP contribution in [0.1, 0.15) is 12.5 Å². The van der Waals surface area contributed by atoms with Gasteiger partial charge in [0.1, 0.15) is 6.54 Å². The maximum atomic E-state index is 12.0. The van der Waals surface area contributed by atoms with Gasteiger partial charge in [-0.15, -0.1) is 0 Å². The van der Waals surface area contributed by atoms with Gasteiger partial charge in [-0.2, -0.15) is 0 Å². The Hall–Kier alpha value is -2.62. The number of anilines is 1. The molecule has 0 aliphatic heterocycles. The van der Waals surface area contributed by atoms with E-state index in [9.17, 15) is 22.8 Å². The summed E-state index contributed by atoms with van der Waals surface area (Å²) in [5, 5.41) is 1.76. The Labute approximate surface area is 139 Å². The van der Waals surface area contributed by atoms with E-state index < -0.39 is 40.6 Å². The first-order valence-corrected chi connectivity index (χ1v) is 8.70. The van der Waals surface area contributed by atoms with Crippen molar-refractivity contribution in [2.75, 3.05) is 17.1 Å². The topological polar surface area (TPSA) is 136 Å². The molecule has 0 saturated heterocycles. The van der Waals surface area contributed by atoms with Crippen LogP contribution >= 0.6 is 0 Å². The molecule has 0 aromatic heterocycles. The Bertz CT molecular complexity index is 747. The van der Waals surface area contributed by atoms with Crippen LogP contribution in [0.3, 0.4) is 0 Å². The van der Waals surface area contributed by atoms with E-state index >= 15 is 0 Å². The molecule has 3 amide bonds. The molecular weight excluding hydrogens is 338 g/mol. The fraction of sp³-hybridized carbons (Fsp3) is 0.357. The fourth-order valence-electron chi connectivity index (χ4n) is 1.85. The molecule has 3 N–H and O–H groups in total. The van der Waals surface area contributed by atoms with Gasteiger partial charge in [-0.25, -0.2) is 13.2 Å². The van der Waals surface area contributed by atoms with E-state index in [1.807, 2.05) is 0 Å². The molecular formula is C14H19N3O6S. The van der Waals surface area contributed by atoms with Gasteiger partial charge in [0.05, 0.1) is 11.9 Å². The molecule has 0 unspecified atom stereocenters. The van der Waals surface area contributed by atoms with Crippen LogP contribution in [0.2, 0.25) is 0 Å². The van der Waals surface area contributed by atoms with Crippen molar-refractivity contribution in [1.82, 2.24) is 5.32 Å². The van der Waals surface area contributed by atoms with Crippen LogP contribution in [0.15, 0.2) is 24.3 Å². The van der Waals surface area contributed by atoms with Gasteiger partial charge in [0.15, 0.2) is 6.10 Å². The number of carbonyl (C=O) groups is 3. The number of hydrogen-bond acceptors (Lipinski definition) is 6. The molecule has 0 aliphatic rings. The minimum absolute atomic E-state index is 0.325. The molecule has 0 bridgehead atoms. The molecule has 1 atom stereocenters. The maximum absolute atomic E-state index is 12.0. The zero-order valence-electron chi connectivity index (χ0n) is 13.5. The number of rotatable bonds is 6. The van der Waals surface area contributed by atoms with Crippen LogP contribution in [-0.4, -0.2) is 45.2 Å². The van der Waals surface area contributed by atoms with Gasteiger partial charge < -0.3 is 10.5 Å². The standard InChI is InChI=1S/C14H19N3O6S/c1-9-6-4-5-7-11(9)17(24(3,21)22)8-12(18)23-10(2)13(19)16-14(15)20/h4-7,10H,8H2,1-3H3,(H3,15,16,19,20)/t10-/m1/s1. The first kappa shape index (κ1) is 19.4. The van der Waals surface area contributed by atoms with Crippen LogP contribution in [0, 0.1) is 6.92 Å². The quantitative estimate of drug-likeness (QED) is 0.682. The van der Waals surface area contributed by atoms with Crippen LogP contribution in [0.5, 0.6) is 0 Å². The number of esters is 1. The van der Waals surface area contributed by atoms with E-state index in [1.54, 1.807) is 36.5 Å². The van der Waals surface area contributed by atoms with Gasteiger partial charge in [-0.3, -0.25) is 19.2 Å². The fourth-order valence-corrected chi connectivity index (χ4v) is 2.75. The maximum Gasteiger partial charge on any atom is 0.327 e. The molecule has 0 aliphatic carbocycles. The Morgan fingerprint density at radius 2 is 1.88 bits per heavy atom. The van der Waals surface area contributed by atoms with E-state index in [-0.39, 0.29) is 0 Å². The third-order valence-corrected chi connectivity index (χ3v) is 4.11. The summed E-state index contributed by atoms with van der Waals surface area (Å²) in [7, 11) is -3.75. The van der Waals surface area contributed by atoms with E-state index in [4.69, 9.17) is 10.5 Å². The average molecular weight is 357 g/mol. The number of carbonyl (C=O) groups excluding carboxylic acids is 3. The van der Waals surface area contributed by atoms with Gasteiger partial charge in [0.25, 0.3) is 5.91 Å². The van der Waals surface area contributed by atoms with Crippen molar-refractivity contribution in [1.29, 1.82) is 0 Å². The molecule has 10 heteroatoms. The zero-order chi connectivity index (χ0) is 18.5. The number of nitrogens with zero attached hydrogens (tertiary/aromatic N) is 1. The summed E-state index contributed by atoms with van der Waals surface area (Å²) in [5.74, 6) is -1.85.